The van der Waals surface area contributed by atoms with Gasteiger partial charge in [-0.05, 0) is 43.5 Å². The van der Waals surface area contributed by atoms with Gasteiger partial charge in [0.05, 0.1) is 36.1 Å². The minimum Gasteiger partial charge on any atom is -0.497 e. The number of rotatable bonds is 8. The van der Waals surface area contributed by atoms with Crippen LogP contribution in [0.5, 0.6) is 5.75 Å². The van der Waals surface area contributed by atoms with Gasteiger partial charge in [-0.2, -0.15) is 5.10 Å². The molecule has 1 atom stereocenters. The van der Waals surface area contributed by atoms with Crippen molar-refractivity contribution >= 4 is 16.9 Å². The molecule has 7 heteroatoms. The Kier molecular flexibility index (Phi) is 6.77. The van der Waals surface area contributed by atoms with Crippen molar-refractivity contribution in [1.29, 1.82) is 0 Å². The Morgan fingerprint density at radius 3 is 2.77 bits per heavy atom. The van der Waals surface area contributed by atoms with E-state index in [1.165, 1.54) is 0 Å². The first-order valence-electron chi connectivity index (χ1n) is 12.1. The van der Waals surface area contributed by atoms with E-state index in [0.717, 1.165) is 53.1 Å². The van der Waals surface area contributed by atoms with Gasteiger partial charge in [-0.1, -0.05) is 42.5 Å². The highest BCUT2D eigenvalue weighted by molar-refractivity contribution is 6.06. The standard InChI is InChI=1S/C28H30N4O3/c1-3-32-27-25(17-29-32)24(16-26(30-27)21-10-5-4-6-11-21)28(33)31(19-23-13-8-14-35-23)18-20-9-7-12-22(15-20)34-2/h4-7,9-12,15-17,23H,3,8,13-14,18-19H2,1-2H3. The summed E-state index contributed by atoms with van der Waals surface area (Å²) in [4.78, 5) is 20.9. The van der Waals surface area contributed by atoms with E-state index in [1.807, 2.05) is 77.2 Å². The first-order valence-corrected chi connectivity index (χ1v) is 12.1. The summed E-state index contributed by atoms with van der Waals surface area (Å²) in [5.41, 5.74) is 4.06. The molecule has 0 radical (unpaired) electrons. The number of amides is 1. The molecule has 7 nitrogen and oxygen atoms in total. The third-order valence-corrected chi connectivity index (χ3v) is 6.45. The van der Waals surface area contributed by atoms with Crippen LogP contribution in [0.2, 0.25) is 0 Å². The summed E-state index contributed by atoms with van der Waals surface area (Å²) in [6.07, 6.45) is 3.77. The number of nitrogens with zero attached hydrogens (tertiary/aromatic N) is 4. The van der Waals surface area contributed by atoms with E-state index < -0.39 is 0 Å². The van der Waals surface area contributed by atoms with Gasteiger partial charge in [0.2, 0.25) is 0 Å². The molecule has 1 unspecified atom stereocenters. The van der Waals surface area contributed by atoms with E-state index in [4.69, 9.17) is 14.5 Å². The van der Waals surface area contributed by atoms with Crippen molar-refractivity contribution in [3.05, 3.63) is 78.0 Å². The maximum Gasteiger partial charge on any atom is 0.255 e. The summed E-state index contributed by atoms with van der Waals surface area (Å²) in [6.45, 7) is 4.43. The van der Waals surface area contributed by atoms with Crippen LogP contribution in [0.3, 0.4) is 0 Å². The molecule has 1 aliphatic rings. The van der Waals surface area contributed by atoms with E-state index in [9.17, 15) is 4.79 Å². The van der Waals surface area contributed by atoms with E-state index >= 15 is 0 Å². The van der Waals surface area contributed by atoms with Crippen LogP contribution in [-0.4, -0.2) is 51.9 Å². The number of ether oxygens (including phenoxy) is 2. The van der Waals surface area contributed by atoms with E-state index in [2.05, 4.69) is 5.10 Å². The number of fused-ring (bicyclic) bond motifs is 1. The highest BCUT2D eigenvalue weighted by Gasteiger charge is 2.26. The third kappa shape index (κ3) is 4.91. The minimum absolute atomic E-state index is 0.0360. The predicted molar refractivity (Wildman–Crippen MR) is 135 cm³/mol. The lowest BCUT2D eigenvalue weighted by molar-refractivity contribution is 0.0508. The van der Waals surface area contributed by atoms with Gasteiger partial charge < -0.3 is 14.4 Å². The highest BCUT2D eigenvalue weighted by Crippen LogP contribution is 2.27. The summed E-state index contributed by atoms with van der Waals surface area (Å²) < 4.78 is 13.2. The molecule has 2 aromatic heterocycles. The molecule has 2 aromatic carbocycles. The number of carbonyl (C=O) groups is 1. The van der Waals surface area contributed by atoms with Crippen molar-refractivity contribution in [2.24, 2.45) is 0 Å². The second kappa shape index (κ2) is 10.3. The zero-order valence-corrected chi connectivity index (χ0v) is 20.2. The fraction of sp³-hybridized carbons (Fsp3) is 0.321. The van der Waals surface area contributed by atoms with Gasteiger partial charge in [-0.3, -0.25) is 4.79 Å². The number of methoxy groups -OCH3 is 1. The first kappa shape index (κ1) is 23.1. The van der Waals surface area contributed by atoms with E-state index in [-0.39, 0.29) is 12.0 Å². The zero-order valence-electron chi connectivity index (χ0n) is 20.2. The fourth-order valence-corrected chi connectivity index (χ4v) is 4.63. The normalized spacial score (nSPS) is 15.4. The molecule has 0 bridgehead atoms. The van der Waals surface area contributed by atoms with Crippen LogP contribution in [-0.2, 0) is 17.8 Å². The summed E-state index contributed by atoms with van der Waals surface area (Å²) in [5, 5.41) is 5.27. The Balaban J connectivity index is 1.57. The molecule has 1 saturated heterocycles. The molecule has 0 aliphatic carbocycles. The van der Waals surface area contributed by atoms with E-state index in [0.29, 0.717) is 25.2 Å². The smallest absolute Gasteiger partial charge is 0.255 e. The van der Waals surface area contributed by atoms with Crippen molar-refractivity contribution in [2.45, 2.75) is 39.0 Å². The number of aryl methyl sites for hydroxylation is 1. The van der Waals surface area contributed by atoms with Crippen LogP contribution < -0.4 is 4.74 Å². The maximum absolute atomic E-state index is 14.2. The average Bonchev–Trinajstić information content (AvgIpc) is 3.57. The van der Waals surface area contributed by atoms with Crippen molar-refractivity contribution in [3.63, 3.8) is 0 Å². The van der Waals surface area contributed by atoms with Crippen molar-refractivity contribution < 1.29 is 14.3 Å². The van der Waals surface area contributed by atoms with Gasteiger partial charge in [-0.15, -0.1) is 0 Å². The lowest BCUT2D eigenvalue weighted by atomic mass is 10.0. The summed E-state index contributed by atoms with van der Waals surface area (Å²) in [5.74, 6) is 0.720. The Morgan fingerprint density at radius 1 is 1.17 bits per heavy atom. The number of hydrogen-bond donors (Lipinski definition) is 0. The van der Waals surface area contributed by atoms with Gasteiger partial charge in [0.1, 0.15) is 5.75 Å². The van der Waals surface area contributed by atoms with E-state index in [1.54, 1.807) is 13.3 Å². The first-order chi connectivity index (χ1) is 17.2. The number of benzene rings is 2. The highest BCUT2D eigenvalue weighted by atomic mass is 16.5. The Labute approximate surface area is 205 Å². The molecule has 1 fully saturated rings. The van der Waals surface area contributed by atoms with Gasteiger partial charge in [0.15, 0.2) is 5.65 Å². The van der Waals surface area contributed by atoms with Crippen LogP contribution in [0.15, 0.2) is 66.9 Å². The third-order valence-electron chi connectivity index (χ3n) is 6.45. The lowest BCUT2D eigenvalue weighted by Crippen LogP contribution is -2.37. The molecule has 5 rings (SSSR count). The van der Waals surface area contributed by atoms with Gasteiger partial charge in [0.25, 0.3) is 5.91 Å². The zero-order chi connectivity index (χ0) is 24.2. The van der Waals surface area contributed by atoms with Crippen LogP contribution >= 0.6 is 0 Å². The summed E-state index contributed by atoms with van der Waals surface area (Å²) >= 11 is 0. The summed E-state index contributed by atoms with van der Waals surface area (Å²) in [7, 11) is 1.65. The number of pyridine rings is 1. The molecule has 0 spiro atoms. The average molecular weight is 471 g/mol. The van der Waals surface area contributed by atoms with Crippen molar-refractivity contribution in [1.82, 2.24) is 19.7 Å². The van der Waals surface area contributed by atoms with Gasteiger partial charge in [-0.25, -0.2) is 9.67 Å². The predicted octanol–water partition coefficient (Wildman–Crippen LogP) is 4.95. The van der Waals surface area contributed by atoms with Gasteiger partial charge in [0, 0.05) is 31.8 Å². The quantitative estimate of drug-likeness (QED) is 0.365. The Hall–Kier alpha value is -3.71. The molecule has 1 amide bonds. The molecule has 180 valence electrons. The molecule has 0 saturated carbocycles. The van der Waals surface area contributed by atoms with Crippen molar-refractivity contribution in [2.75, 3.05) is 20.3 Å². The molecule has 35 heavy (non-hydrogen) atoms. The van der Waals surface area contributed by atoms with Crippen LogP contribution in [0, 0.1) is 0 Å². The molecular formula is C28H30N4O3. The summed E-state index contributed by atoms with van der Waals surface area (Å²) in [6, 6.07) is 19.7. The SMILES string of the molecule is CCn1ncc2c(C(=O)N(Cc3cccc(OC)c3)CC3CCCO3)cc(-c3ccccc3)nc21. The number of carbonyl (C=O) groups excluding carboxylic acids is 1. The molecule has 3 heterocycles. The Morgan fingerprint density at radius 2 is 2.03 bits per heavy atom. The van der Waals surface area contributed by atoms with Crippen LogP contribution in [0.1, 0.15) is 35.7 Å². The number of aromatic nitrogens is 3. The number of hydrogen-bond acceptors (Lipinski definition) is 5. The topological polar surface area (TPSA) is 69.5 Å². The molecule has 4 aromatic rings. The van der Waals surface area contributed by atoms with Crippen LogP contribution in [0.25, 0.3) is 22.3 Å². The maximum atomic E-state index is 14.2. The van der Waals surface area contributed by atoms with Crippen molar-refractivity contribution in [3.8, 4) is 17.0 Å². The molecular weight excluding hydrogens is 440 g/mol. The Bertz CT molecular complexity index is 1310. The van der Waals surface area contributed by atoms with Gasteiger partial charge >= 0.3 is 0 Å². The largest absolute Gasteiger partial charge is 0.497 e. The fourth-order valence-electron chi connectivity index (χ4n) is 4.63. The second-order valence-electron chi connectivity index (χ2n) is 8.79. The lowest BCUT2D eigenvalue weighted by Gasteiger charge is -2.26. The monoisotopic (exact) mass is 470 g/mol. The molecule has 0 N–H and O–H groups in total. The molecule has 1 aliphatic heterocycles. The second-order valence-corrected chi connectivity index (χ2v) is 8.79. The minimum atomic E-state index is -0.0523. The van der Waals surface area contributed by atoms with Crippen LogP contribution in [0.4, 0.5) is 0 Å².